The third kappa shape index (κ3) is 7.29. The zero-order valence-corrected chi connectivity index (χ0v) is 14.0. The lowest BCUT2D eigenvalue weighted by Gasteiger charge is -2.07. The Labute approximate surface area is 144 Å². The largest absolute Gasteiger partial charge is 0.399 e. The topological polar surface area (TPSA) is 64.4 Å². The number of amides is 1. The Morgan fingerprint density at radius 2 is 1.67 bits per heavy atom. The molecular formula is C20H26N2O2. The lowest BCUT2D eigenvalue weighted by molar-refractivity contribution is -0.120. The fourth-order valence-corrected chi connectivity index (χ4v) is 2.38. The van der Waals surface area contributed by atoms with Crippen molar-refractivity contribution in [2.75, 3.05) is 25.5 Å². The maximum absolute atomic E-state index is 11.8. The first-order chi connectivity index (χ1) is 11.7. The van der Waals surface area contributed by atoms with Gasteiger partial charge in [-0.1, -0.05) is 42.5 Å². The van der Waals surface area contributed by atoms with E-state index in [1.54, 1.807) is 0 Å². The minimum Gasteiger partial charge on any atom is -0.399 e. The van der Waals surface area contributed by atoms with Crippen LogP contribution in [0.3, 0.4) is 0 Å². The minimum atomic E-state index is 0.0461. The molecule has 4 nitrogen and oxygen atoms in total. The summed E-state index contributed by atoms with van der Waals surface area (Å²) >= 11 is 0. The van der Waals surface area contributed by atoms with Crippen molar-refractivity contribution in [1.29, 1.82) is 0 Å². The van der Waals surface area contributed by atoms with E-state index in [9.17, 15) is 4.79 Å². The van der Waals surface area contributed by atoms with Crippen LogP contribution in [0.1, 0.15) is 24.0 Å². The van der Waals surface area contributed by atoms with Crippen molar-refractivity contribution in [1.82, 2.24) is 5.32 Å². The molecule has 128 valence electrons. The van der Waals surface area contributed by atoms with Crippen LogP contribution in [0.5, 0.6) is 0 Å². The van der Waals surface area contributed by atoms with Gasteiger partial charge in [0.25, 0.3) is 0 Å². The molecule has 2 aromatic rings. The van der Waals surface area contributed by atoms with Crippen LogP contribution in [0.4, 0.5) is 5.69 Å². The van der Waals surface area contributed by atoms with E-state index < -0.39 is 0 Å². The number of nitrogens with one attached hydrogen (secondary N) is 1. The normalized spacial score (nSPS) is 10.5. The van der Waals surface area contributed by atoms with Crippen LogP contribution in [0.25, 0.3) is 0 Å². The zero-order chi connectivity index (χ0) is 17.0. The van der Waals surface area contributed by atoms with Crippen LogP contribution in [0.15, 0.2) is 54.6 Å². The molecule has 0 aromatic heterocycles. The summed E-state index contributed by atoms with van der Waals surface area (Å²) < 4.78 is 5.63. The first-order valence-corrected chi connectivity index (χ1v) is 8.47. The molecule has 1 amide bonds. The summed E-state index contributed by atoms with van der Waals surface area (Å²) in [5.74, 6) is 0.0461. The quantitative estimate of drug-likeness (QED) is 0.521. The molecule has 0 fully saturated rings. The van der Waals surface area contributed by atoms with Crippen molar-refractivity contribution in [2.45, 2.75) is 25.7 Å². The molecule has 2 aromatic carbocycles. The fourth-order valence-electron chi connectivity index (χ4n) is 2.38. The maximum atomic E-state index is 11.8. The molecule has 0 saturated carbocycles. The smallest absolute Gasteiger partial charge is 0.224 e. The van der Waals surface area contributed by atoms with Crippen LogP contribution in [-0.4, -0.2) is 25.7 Å². The number of hydrogen-bond acceptors (Lipinski definition) is 3. The number of ether oxygens (including phenoxy) is 1. The van der Waals surface area contributed by atoms with E-state index in [4.69, 9.17) is 10.5 Å². The lowest BCUT2D eigenvalue weighted by Crippen LogP contribution is -2.26. The number of unbranched alkanes of at least 4 members (excludes halogenated alkanes) is 1. The molecule has 0 unspecified atom stereocenters. The summed E-state index contributed by atoms with van der Waals surface area (Å²) in [4.78, 5) is 11.8. The molecule has 0 heterocycles. The third-order valence-corrected chi connectivity index (χ3v) is 3.76. The summed E-state index contributed by atoms with van der Waals surface area (Å²) in [6.45, 7) is 2.17. The van der Waals surface area contributed by atoms with Gasteiger partial charge in [0, 0.05) is 18.8 Å². The number of carbonyl (C=O) groups is 1. The highest BCUT2D eigenvalue weighted by Crippen LogP contribution is 2.06. The Bertz CT molecular complexity index is 597. The number of hydrogen-bond donors (Lipinski definition) is 2. The number of carbonyl (C=O) groups excluding carboxylic acids is 1. The molecule has 0 bridgehead atoms. The first kappa shape index (κ1) is 18.0. The highest BCUT2D eigenvalue weighted by atomic mass is 16.5. The van der Waals surface area contributed by atoms with Crippen molar-refractivity contribution < 1.29 is 9.53 Å². The SMILES string of the molecule is Nc1ccc(CC(=O)NCCCCOCCc2ccccc2)cc1. The second-order valence-electron chi connectivity index (χ2n) is 5.82. The fraction of sp³-hybridized carbons (Fsp3) is 0.350. The van der Waals surface area contributed by atoms with E-state index in [1.165, 1.54) is 5.56 Å². The zero-order valence-electron chi connectivity index (χ0n) is 14.0. The average Bonchev–Trinajstić information content (AvgIpc) is 2.60. The predicted octanol–water partition coefficient (Wildman–Crippen LogP) is 2.97. The summed E-state index contributed by atoms with van der Waals surface area (Å²) in [5, 5.41) is 2.94. The van der Waals surface area contributed by atoms with E-state index in [2.05, 4.69) is 17.4 Å². The summed E-state index contributed by atoms with van der Waals surface area (Å²) in [6, 6.07) is 17.7. The Morgan fingerprint density at radius 1 is 0.917 bits per heavy atom. The summed E-state index contributed by atoms with van der Waals surface area (Å²) in [7, 11) is 0. The highest BCUT2D eigenvalue weighted by Gasteiger charge is 2.02. The highest BCUT2D eigenvalue weighted by molar-refractivity contribution is 5.78. The summed E-state index contributed by atoms with van der Waals surface area (Å²) in [5.41, 5.74) is 8.62. The molecule has 0 spiro atoms. The van der Waals surface area contributed by atoms with E-state index >= 15 is 0 Å². The van der Waals surface area contributed by atoms with Crippen molar-refractivity contribution in [3.63, 3.8) is 0 Å². The Balaban J connectivity index is 1.46. The van der Waals surface area contributed by atoms with Gasteiger partial charge in [0.1, 0.15) is 0 Å². The number of anilines is 1. The molecule has 0 radical (unpaired) electrons. The minimum absolute atomic E-state index is 0.0461. The van der Waals surface area contributed by atoms with Gasteiger partial charge in [0.05, 0.1) is 13.0 Å². The van der Waals surface area contributed by atoms with Gasteiger partial charge in [-0.15, -0.1) is 0 Å². The van der Waals surface area contributed by atoms with Gasteiger partial charge in [-0.3, -0.25) is 4.79 Å². The van der Waals surface area contributed by atoms with Gasteiger partial charge in [0.2, 0.25) is 5.91 Å². The molecule has 4 heteroatoms. The number of nitrogens with two attached hydrogens (primary N) is 1. The predicted molar refractivity (Wildman–Crippen MR) is 97.8 cm³/mol. The molecule has 3 N–H and O–H groups in total. The Kier molecular flexibility index (Phi) is 7.84. The average molecular weight is 326 g/mol. The van der Waals surface area contributed by atoms with Gasteiger partial charge in [-0.2, -0.15) is 0 Å². The van der Waals surface area contributed by atoms with E-state index in [1.807, 2.05) is 42.5 Å². The Morgan fingerprint density at radius 3 is 2.42 bits per heavy atom. The van der Waals surface area contributed by atoms with Gasteiger partial charge in [-0.25, -0.2) is 0 Å². The number of nitrogen functional groups attached to an aromatic ring is 1. The van der Waals surface area contributed by atoms with Crippen LogP contribution in [-0.2, 0) is 22.4 Å². The maximum Gasteiger partial charge on any atom is 0.224 e. The van der Waals surface area contributed by atoms with Crippen molar-refractivity contribution in [3.8, 4) is 0 Å². The molecule has 2 rings (SSSR count). The second-order valence-corrected chi connectivity index (χ2v) is 5.82. The van der Waals surface area contributed by atoms with Crippen molar-refractivity contribution >= 4 is 11.6 Å². The molecule has 0 atom stereocenters. The van der Waals surface area contributed by atoms with E-state index in [-0.39, 0.29) is 5.91 Å². The standard InChI is InChI=1S/C20H26N2O2/c21-19-10-8-18(9-11-19)16-20(23)22-13-4-5-14-24-15-12-17-6-2-1-3-7-17/h1-3,6-11H,4-5,12-16,21H2,(H,22,23). The molecular weight excluding hydrogens is 300 g/mol. The molecule has 24 heavy (non-hydrogen) atoms. The first-order valence-electron chi connectivity index (χ1n) is 8.47. The number of rotatable bonds is 10. The van der Waals surface area contributed by atoms with Gasteiger partial charge in [-0.05, 0) is 42.5 Å². The van der Waals surface area contributed by atoms with Crippen LogP contribution in [0, 0.1) is 0 Å². The number of benzene rings is 2. The summed E-state index contributed by atoms with van der Waals surface area (Å²) in [6.07, 6.45) is 3.22. The third-order valence-electron chi connectivity index (χ3n) is 3.76. The van der Waals surface area contributed by atoms with Gasteiger partial charge >= 0.3 is 0 Å². The van der Waals surface area contributed by atoms with E-state index in [0.717, 1.165) is 38.0 Å². The lowest BCUT2D eigenvalue weighted by atomic mass is 10.1. The van der Waals surface area contributed by atoms with Crippen LogP contribution < -0.4 is 11.1 Å². The monoisotopic (exact) mass is 326 g/mol. The molecule has 0 aliphatic carbocycles. The molecule has 0 saturated heterocycles. The molecule has 0 aliphatic rings. The van der Waals surface area contributed by atoms with Crippen LogP contribution in [0.2, 0.25) is 0 Å². The Hall–Kier alpha value is -2.33. The second kappa shape index (κ2) is 10.4. The van der Waals surface area contributed by atoms with Gasteiger partial charge in [0.15, 0.2) is 0 Å². The van der Waals surface area contributed by atoms with Crippen LogP contribution >= 0.6 is 0 Å². The molecule has 0 aliphatic heterocycles. The van der Waals surface area contributed by atoms with Crippen molar-refractivity contribution in [3.05, 3.63) is 65.7 Å². The van der Waals surface area contributed by atoms with Gasteiger partial charge < -0.3 is 15.8 Å². The van der Waals surface area contributed by atoms with Crippen molar-refractivity contribution in [2.24, 2.45) is 0 Å². The van der Waals surface area contributed by atoms with E-state index in [0.29, 0.717) is 18.7 Å².